The summed E-state index contributed by atoms with van der Waals surface area (Å²) in [5, 5.41) is 11.8. The van der Waals surface area contributed by atoms with Crippen LogP contribution < -0.4 is 5.32 Å². The molecule has 1 aromatic carbocycles. The van der Waals surface area contributed by atoms with Crippen LogP contribution in [0, 0.1) is 20.8 Å². The number of anilines is 1. The first kappa shape index (κ1) is 18.4. The van der Waals surface area contributed by atoms with Crippen LogP contribution in [0.2, 0.25) is 0 Å². The predicted octanol–water partition coefficient (Wildman–Crippen LogP) is 3.84. The van der Waals surface area contributed by atoms with E-state index >= 15 is 0 Å². The van der Waals surface area contributed by atoms with Crippen LogP contribution in [-0.4, -0.2) is 25.5 Å². The van der Waals surface area contributed by atoms with Crippen molar-refractivity contribution in [2.75, 3.05) is 5.32 Å². The SMILES string of the molecule is Cc1ccccc1Cn1nc(C)c(NC(=O)CCn2cc(Br)cn2)c1C. The normalized spacial score (nSPS) is 10.9. The van der Waals surface area contributed by atoms with E-state index in [1.54, 1.807) is 10.9 Å². The Kier molecular flexibility index (Phi) is 5.56. The number of benzene rings is 1. The Morgan fingerprint density at radius 2 is 2.00 bits per heavy atom. The monoisotopic (exact) mass is 415 g/mol. The van der Waals surface area contributed by atoms with Crippen LogP contribution in [0.25, 0.3) is 0 Å². The van der Waals surface area contributed by atoms with Gasteiger partial charge in [0.05, 0.1) is 34.3 Å². The average Bonchev–Trinajstić information content (AvgIpc) is 3.13. The zero-order valence-corrected chi connectivity index (χ0v) is 16.7. The molecule has 3 rings (SSSR count). The number of amides is 1. The largest absolute Gasteiger partial charge is 0.323 e. The number of aromatic nitrogens is 4. The molecular weight excluding hydrogens is 394 g/mol. The first-order valence-corrected chi connectivity index (χ1v) is 9.29. The number of rotatable bonds is 6. The maximum Gasteiger partial charge on any atom is 0.226 e. The third kappa shape index (κ3) is 4.22. The van der Waals surface area contributed by atoms with Gasteiger partial charge in [0.1, 0.15) is 0 Å². The van der Waals surface area contributed by atoms with E-state index < -0.39 is 0 Å². The fraction of sp³-hybridized carbons (Fsp3) is 0.316. The molecule has 0 saturated heterocycles. The van der Waals surface area contributed by atoms with Crippen molar-refractivity contribution in [3.05, 3.63) is 63.6 Å². The molecule has 2 heterocycles. The Labute approximate surface area is 161 Å². The van der Waals surface area contributed by atoms with Gasteiger partial charge in [-0.2, -0.15) is 10.2 Å². The minimum absolute atomic E-state index is 0.0433. The molecule has 0 aliphatic carbocycles. The highest BCUT2D eigenvalue weighted by Crippen LogP contribution is 2.21. The van der Waals surface area contributed by atoms with Crippen LogP contribution in [-0.2, 0) is 17.9 Å². The molecule has 0 aliphatic heterocycles. The molecule has 0 radical (unpaired) electrons. The molecule has 1 N–H and O–H groups in total. The summed E-state index contributed by atoms with van der Waals surface area (Å²) in [5.74, 6) is -0.0433. The molecule has 136 valence electrons. The molecule has 0 fully saturated rings. The summed E-state index contributed by atoms with van der Waals surface area (Å²) in [4.78, 5) is 12.3. The Bertz CT molecular complexity index is 928. The van der Waals surface area contributed by atoms with E-state index in [1.807, 2.05) is 36.9 Å². The lowest BCUT2D eigenvalue weighted by Crippen LogP contribution is -2.16. The summed E-state index contributed by atoms with van der Waals surface area (Å²) >= 11 is 3.35. The number of nitrogens with one attached hydrogen (secondary N) is 1. The van der Waals surface area contributed by atoms with Gasteiger partial charge in [-0.3, -0.25) is 14.2 Å². The van der Waals surface area contributed by atoms with E-state index in [-0.39, 0.29) is 5.91 Å². The number of aryl methyl sites for hydroxylation is 3. The van der Waals surface area contributed by atoms with Gasteiger partial charge in [0, 0.05) is 19.2 Å². The third-order valence-electron chi connectivity index (χ3n) is 4.40. The Morgan fingerprint density at radius 3 is 2.69 bits per heavy atom. The van der Waals surface area contributed by atoms with Crippen molar-refractivity contribution in [1.29, 1.82) is 0 Å². The Balaban J connectivity index is 1.67. The maximum atomic E-state index is 12.3. The van der Waals surface area contributed by atoms with Crippen LogP contribution in [0.4, 0.5) is 5.69 Å². The molecule has 0 aliphatic rings. The number of hydrogen-bond acceptors (Lipinski definition) is 3. The second kappa shape index (κ2) is 7.86. The first-order valence-electron chi connectivity index (χ1n) is 8.50. The summed E-state index contributed by atoms with van der Waals surface area (Å²) in [6.07, 6.45) is 3.92. The van der Waals surface area contributed by atoms with Crippen molar-refractivity contribution in [1.82, 2.24) is 19.6 Å². The molecule has 0 saturated carbocycles. The predicted molar refractivity (Wildman–Crippen MR) is 105 cm³/mol. The summed E-state index contributed by atoms with van der Waals surface area (Å²) in [6.45, 7) is 7.22. The lowest BCUT2D eigenvalue weighted by atomic mass is 10.1. The molecule has 7 heteroatoms. The minimum Gasteiger partial charge on any atom is -0.323 e. The third-order valence-corrected chi connectivity index (χ3v) is 4.81. The van der Waals surface area contributed by atoms with Gasteiger partial charge in [-0.05, 0) is 47.8 Å². The molecule has 1 amide bonds. The molecule has 2 aromatic heterocycles. The minimum atomic E-state index is -0.0433. The van der Waals surface area contributed by atoms with Crippen LogP contribution >= 0.6 is 15.9 Å². The van der Waals surface area contributed by atoms with E-state index in [1.165, 1.54) is 11.1 Å². The quantitative estimate of drug-likeness (QED) is 0.664. The van der Waals surface area contributed by atoms with Crippen molar-refractivity contribution in [2.45, 2.75) is 40.3 Å². The van der Waals surface area contributed by atoms with Gasteiger partial charge in [-0.1, -0.05) is 24.3 Å². The van der Waals surface area contributed by atoms with Crippen molar-refractivity contribution in [3.63, 3.8) is 0 Å². The molecule has 26 heavy (non-hydrogen) atoms. The Morgan fingerprint density at radius 1 is 1.23 bits per heavy atom. The van der Waals surface area contributed by atoms with Crippen LogP contribution in [0.15, 0.2) is 41.1 Å². The molecule has 0 spiro atoms. The van der Waals surface area contributed by atoms with E-state index in [9.17, 15) is 4.79 Å². The summed E-state index contributed by atoms with van der Waals surface area (Å²) in [5.41, 5.74) is 5.04. The summed E-state index contributed by atoms with van der Waals surface area (Å²) < 4.78 is 4.59. The van der Waals surface area contributed by atoms with Gasteiger partial charge in [0.15, 0.2) is 0 Å². The van der Waals surface area contributed by atoms with E-state index in [4.69, 9.17) is 0 Å². The van der Waals surface area contributed by atoms with Crippen LogP contribution in [0.5, 0.6) is 0 Å². The smallest absolute Gasteiger partial charge is 0.226 e. The van der Waals surface area contributed by atoms with E-state index in [2.05, 4.69) is 50.5 Å². The van der Waals surface area contributed by atoms with Gasteiger partial charge in [0.25, 0.3) is 0 Å². The number of halogens is 1. The van der Waals surface area contributed by atoms with Crippen molar-refractivity contribution < 1.29 is 4.79 Å². The lowest BCUT2D eigenvalue weighted by molar-refractivity contribution is -0.116. The number of carbonyl (C=O) groups excluding carboxylic acids is 1. The fourth-order valence-electron chi connectivity index (χ4n) is 2.86. The Hall–Kier alpha value is -2.41. The number of carbonyl (C=O) groups is 1. The molecule has 0 unspecified atom stereocenters. The fourth-order valence-corrected chi connectivity index (χ4v) is 3.19. The lowest BCUT2D eigenvalue weighted by Gasteiger charge is -2.09. The number of nitrogens with zero attached hydrogens (tertiary/aromatic N) is 4. The molecule has 3 aromatic rings. The summed E-state index contributed by atoms with van der Waals surface area (Å²) in [7, 11) is 0. The second-order valence-corrected chi connectivity index (χ2v) is 7.27. The van der Waals surface area contributed by atoms with E-state index in [0.29, 0.717) is 19.5 Å². The summed E-state index contributed by atoms with van der Waals surface area (Å²) in [6, 6.07) is 8.26. The van der Waals surface area contributed by atoms with Gasteiger partial charge in [0.2, 0.25) is 5.91 Å². The van der Waals surface area contributed by atoms with Crippen molar-refractivity contribution in [3.8, 4) is 0 Å². The zero-order valence-electron chi connectivity index (χ0n) is 15.2. The van der Waals surface area contributed by atoms with Gasteiger partial charge in [-0.15, -0.1) is 0 Å². The highest BCUT2D eigenvalue weighted by molar-refractivity contribution is 9.10. The van der Waals surface area contributed by atoms with Crippen molar-refractivity contribution >= 4 is 27.5 Å². The highest BCUT2D eigenvalue weighted by Gasteiger charge is 2.15. The number of hydrogen-bond donors (Lipinski definition) is 1. The zero-order chi connectivity index (χ0) is 18.7. The average molecular weight is 416 g/mol. The standard InChI is InChI=1S/C19H22BrN5O/c1-13-6-4-5-7-16(13)11-25-15(3)19(14(2)23-25)22-18(26)8-9-24-12-17(20)10-21-24/h4-7,10,12H,8-9,11H2,1-3H3,(H,22,26). The van der Waals surface area contributed by atoms with Crippen LogP contribution in [0.1, 0.15) is 28.9 Å². The molecule has 0 bridgehead atoms. The van der Waals surface area contributed by atoms with Crippen molar-refractivity contribution in [2.24, 2.45) is 0 Å². The molecule has 6 nitrogen and oxygen atoms in total. The van der Waals surface area contributed by atoms with Gasteiger partial charge < -0.3 is 5.32 Å². The second-order valence-electron chi connectivity index (χ2n) is 6.35. The van der Waals surface area contributed by atoms with E-state index in [0.717, 1.165) is 21.5 Å². The highest BCUT2D eigenvalue weighted by atomic mass is 79.9. The molecular formula is C19H22BrN5O. The van der Waals surface area contributed by atoms with Crippen LogP contribution in [0.3, 0.4) is 0 Å². The topological polar surface area (TPSA) is 64.7 Å². The first-order chi connectivity index (χ1) is 12.4. The maximum absolute atomic E-state index is 12.3. The van der Waals surface area contributed by atoms with Gasteiger partial charge >= 0.3 is 0 Å². The molecule has 0 atom stereocenters. The van der Waals surface area contributed by atoms with Gasteiger partial charge in [-0.25, -0.2) is 0 Å².